The third-order valence-electron chi connectivity index (χ3n) is 4.64. The van der Waals surface area contributed by atoms with Gasteiger partial charge in [-0.2, -0.15) is 4.31 Å². The lowest BCUT2D eigenvalue weighted by Crippen LogP contribution is -2.48. The van der Waals surface area contributed by atoms with Crippen molar-refractivity contribution >= 4 is 28.3 Å². The maximum atomic E-state index is 13.3. The Labute approximate surface area is 171 Å². The van der Waals surface area contributed by atoms with E-state index in [9.17, 15) is 13.2 Å². The number of piperazine rings is 1. The Morgan fingerprint density at radius 1 is 1.18 bits per heavy atom. The van der Waals surface area contributed by atoms with Crippen molar-refractivity contribution in [1.82, 2.24) is 14.9 Å². The lowest BCUT2D eigenvalue weighted by atomic mass is 10.0. The van der Waals surface area contributed by atoms with Crippen molar-refractivity contribution in [2.75, 3.05) is 33.8 Å². The fraction of sp³-hybridized carbons (Fsp3) is 0.316. The molecule has 0 aromatic heterocycles. The minimum Gasteiger partial charge on any atom is -0.496 e. The van der Waals surface area contributed by atoms with Crippen molar-refractivity contribution in [2.45, 2.75) is 10.9 Å². The van der Waals surface area contributed by atoms with E-state index in [1.165, 1.54) is 35.6 Å². The maximum Gasteiger partial charge on any atom is 0.251 e. The molecule has 0 radical (unpaired) electrons. The smallest absolute Gasteiger partial charge is 0.251 e. The highest BCUT2D eigenvalue weighted by Gasteiger charge is 2.35. The van der Waals surface area contributed by atoms with Crippen molar-refractivity contribution in [3.63, 3.8) is 0 Å². The monoisotopic (exact) mass is 425 g/mol. The number of para-hydroxylation sites is 1. The normalized spacial score (nSPS) is 17.4. The number of amides is 1. The third-order valence-corrected chi connectivity index (χ3v) is 6.56. The summed E-state index contributed by atoms with van der Waals surface area (Å²) in [6.45, 7) is 1.42. The highest BCUT2D eigenvalue weighted by molar-refractivity contribution is 7.89. The van der Waals surface area contributed by atoms with Gasteiger partial charge in [0, 0.05) is 37.8 Å². The number of hydrogen-bond acceptors (Lipinski definition) is 5. The molecular formula is C19H24ClN3O4S. The molecule has 1 amide bonds. The molecule has 1 atom stereocenters. The van der Waals surface area contributed by atoms with Crippen LogP contribution in [-0.4, -0.2) is 52.4 Å². The number of benzene rings is 2. The number of methoxy groups -OCH3 is 1. The van der Waals surface area contributed by atoms with E-state index >= 15 is 0 Å². The zero-order valence-corrected chi connectivity index (χ0v) is 17.3. The molecule has 7 nitrogen and oxygen atoms in total. The zero-order valence-electron chi connectivity index (χ0n) is 15.7. The summed E-state index contributed by atoms with van der Waals surface area (Å²) in [5, 5.41) is 5.78. The summed E-state index contributed by atoms with van der Waals surface area (Å²) in [5.41, 5.74) is 1.23. The van der Waals surface area contributed by atoms with Crippen molar-refractivity contribution in [3.8, 4) is 5.75 Å². The minimum absolute atomic E-state index is 0. The largest absolute Gasteiger partial charge is 0.496 e. The standard InChI is InChI=1S/C19H23N3O4S.ClH/c1-20-19(23)14-7-9-15(10-8-14)27(24,25)22-12-11-21-13-17(22)16-5-3-4-6-18(16)26-2;/h3-10,17,21H,11-13H2,1-2H3,(H,20,23);1H. The van der Waals surface area contributed by atoms with Crippen LogP contribution in [-0.2, 0) is 10.0 Å². The summed E-state index contributed by atoms with van der Waals surface area (Å²) >= 11 is 0. The SMILES string of the molecule is CNC(=O)c1ccc(S(=O)(=O)N2CCNCC2c2ccccc2OC)cc1.Cl. The van der Waals surface area contributed by atoms with E-state index in [1.807, 2.05) is 24.3 Å². The number of nitrogens with zero attached hydrogens (tertiary/aromatic N) is 1. The number of carbonyl (C=O) groups excluding carboxylic acids is 1. The van der Waals surface area contributed by atoms with Gasteiger partial charge in [0.1, 0.15) is 5.75 Å². The van der Waals surface area contributed by atoms with Crippen LogP contribution in [0.2, 0.25) is 0 Å². The molecule has 0 aliphatic carbocycles. The second kappa shape index (κ2) is 9.38. The minimum atomic E-state index is -3.73. The quantitative estimate of drug-likeness (QED) is 0.762. The Balaban J connectivity index is 0.00000280. The molecule has 1 aliphatic heterocycles. The molecule has 3 rings (SSSR count). The molecule has 9 heteroatoms. The first kappa shape index (κ1) is 22.2. The average Bonchev–Trinajstić information content (AvgIpc) is 2.73. The number of nitrogens with one attached hydrogen (secondary N) is 2. The molecule has 2 N–H and O–H groups in total. The summed E-state index contributed by atoms with van der Waals surface area (Å²) in [5.74, 6) is 0.398. The third kappa shape index (κ3) is 4.30. The van der Waals surface area contributed by atoms with Gasteiger partial charge < -0.3 is 15.4 Å². The van der Waals surface area contributed by atoms with Gasteiger partial charge in [0.25, 0.3) is 5.91 Å². The van der Waals surface area contributed by atoms with E-state index in [2.05, 4.69) is 10.6 Å². The first-order chi connectivity index (χ1) is 13.0. The van der Waals surface area contributed by atoms with Gasteiger partial charge in [0.2, 0.25) is 10.0 Å². The van der Waals surface area contributed by atoms with Crippen LogP contribution in [0.3, 0.4) is 0 Å². The Hall–Kier alpha value is -2.13. The molecule has 1 saturated heterocycles. The van der Waals surface area contributed by atoms with Crippen molar-refractivity contribution in [2.24, 2.45) is 0 Å². The van der Waals surface area contributed by atoms with Gasteiger partial charge in [-0.05, 0) is 30.3 Å². The van der Waals surface area contributed by atoms with E-state index in [0.29, 0.717) is 30.9 Å². The number of ether oxygens (including phenoxy) is 1. The highest BCUT2D eigenvalue weighted by Crippen LogP contribution is 2.33. The molecule has 1 heterocycles. The summed E-state index contributed by atoms with van der Waals surface area (Å²) in [6.07, 6.45) is 0. The molecule has 1 fully saturated rings. The number of halogens is 1. The van der Waals surface area contributed by atoms with Crippen LogP contribution >= 0.6 is 12.4 Å². The first-order valence-corrected chi connectivity index (χ1v) is 10.1. The first-order valence-electron chi connectivity index (χ1n) is 8.66. The Morgan fingerprint density at radius 3 is 2.50 bits per heavy atom. The van der Waals surface area contributed by atoms with E-state index in [4.69, 9.17) is 4.74 Å². The van der Waals surface area contributed by atoms with Crippen LogP contribution in [0.4, 0.5) is 0 Å². The Morgan fingerprint density at radius 2 is 1.86 bits per heavy atom. The molecule has 1 aliphatic rings. The predicted octanol–water partition coefficient (Wildman–Crippen LogP) is 1.81. The number of sulfonamides is 1. The van der Waals surface area contributed by atoms with E-state index < -0.39 is 10.0 Å². The van der Waals surface area contributed by atoms with E-state index in [1.54, 1.807) is 7.11 Å². The second-order valence-electron chi connectivity index (χ2n) is 6.18. The molecule has 0 bridgehead atoms. The summed E-state index contributed by atoms with van der Waals surface area (Å²) < 4.78 is 33.5. The van der Waals surface area contributed by atoms with Crippen molar-refractivity contribution in [1.29, 1.82) is 0 Å². The van der Waals surface area contributed by atoms with Crippen molar-refractivity contribution < 1.29 is 17.9 Å². The van der Waals surface area contributed by atoms with E-state index in [0.717, 1.165) is 5.56 Å². The zero-order chi connectivity index (χ0) is 19.4. The molecular weight excluding hydrogens is 402 g/mol. The van der Waals surface area contributed by atoms with Crippen LogP contribution < -0.4 is 15.4 Å². The highest BCUT2D eigenvalue weighted by atomic mass is 35.5. The fourth-order valence-corrected chi connectivity index (χ4v) is 4.84. The fourth-order valence-electron chi connectivity index (χ4n) is 3.24. The maximum absolute atomic E-state index is 13.3. The predicted molar refractivity (Wildman–Crippen MR) is 110 cm³/mol. The summed E-state index contributed by atoms with van der Waals surface area (Å²) in [4.78, 5) is 11.9. The summed E-state index contributed by atoms with van der Waals surface area (Å²) in [6, 6.07) is 13.0. The number of hydrogen-bond donors (Lipinski definition) is 2. The number of carbonyl (C=O) groups is 1. The lowest BCUT2D eigenvalue weighted by molar-refractivity contribution is 0.0963. The molecule has 28 heavy (non-hydrogen) atoms. The molecule has 2 aromatic rings. The van der Waals surface area contributed by atoms with Gasteiger partial charge >= 0.3 is 0 Å². The van der Waals surface area contributed by atoms with Crippen LogP contribution in [0.5, 0.6) is 5.75 Å². The molecule has 0 saturated carbocycles. The Bertz CT molecular complexity index is 919. The van der Waals surface area contributed by atoms with Gasteiger partial charge in [-0.1, -0.05) is 18.2 Å². The van der Waals surface area contributed by atoms with Crippen LogP contribution in [0.25, 0.3) is 0 Å². The Kier molecular flexibility index (Phi) is 7.42. The van der Waals surface area contributed by atoms with E-state index in [-0.39, 0.29) is 29.3 Å². The topological polar surface area (TPSA) is 87.7 Å². The van der Waals surface area contributed by atoms with Gasteiger partial charge in [-0.15, -0.1) is 12.4 Å². The van der Waals surface area contributed by atoms with Crippen LogP contribution in [0.15, 0.2) is 53.4 Å². The van der Waals surface area contributed by atoms with Gasteiger partial charge in [0.15, 0.2) is 0 Å². The molecule has 2 aromatic carbocycles. The molecule has 1 unspecified atom stereocenters. The number of rotatable bonds is 5. The summed E-state index contributed by atoms with van der Waals surface area (Å²) in [7, 11) is -0.619. The van der Waals surface area contributed by atoms with Gasteiger partial charge in [0.05, 0.1) is 18.0 Å². The molecule has 152 valence electrons. The van der Waals surface area contributed by atoms with Gasteiger partial charge in [-0.25, -0.2) is 8.42 Å². The van der Waals surface area contributed by atoms with Crippen LogP contribution in [0, 0.1) is 0 Å². The molecule has 0 spiro atoms. The second-order valence-corrected chi connectivity index (χ2v) is 8.07. The average molecular weight is 426 g/mol. The van der Waals surface area contributed by atoms with Crippen LogP contribution in [0.1, 0.15) is 22.0 Å². The lowest BCUT2D eigenvalue weighted by Gasteiger charge is -2.36. The van der Waals surface area contributed by atoms with Gasteiger partial charge in [-0.3, -0.25) is 4.79 Å². The van der Waals surface area contributed by atoms with Crippen molar-refractivity contribution in [3.05, 3.63) is 59.7 Å².